The Morgan fingerprint density at radius 2 is 1.26 bits per heavy atom. The number of amides is 1. The zero-order valence-corrected chi connectivity index (χ0v) is 20.5. The Hall–Kier alpha value is -4.32. The van der Waals surface area contributed by atoms with Gasteiger partial charge < -0.3 is 5.32 Å². The number of hydrogen-bond donors (Lipinski definition) is 2. The molecule has 4 aromatic carbocycles. The molecule has 0 fully saturated rings. The maximum Gasteiger partial charge on any atom is 0.416 e. The SMILES string of the molecule is O=C(Nc1cccc(S(=O)(=O)Nc2cccc(C(F)(F)F)c2)c1)c1ccccc1-c1ccc(C(F)(F)F)cc1. The lowest BCUT2D eigenvalue weighted by atomic mass is 9.98. The van der Waals surface area contributed by atoms with Gasteiger partial charge in [0.1, 0.15) is 0 Å². The number of rotatable bonds is 6. The number of halogens is 6. The molecule has 0 spiro atoms. The van der Waals surface area contributed by atoms with Crippen molar-refractivity contribution in [2.75, 3.05) is 10.0 Å². The second-order valence-electron chi connectivity index (χ2n) is 8.29. The van der Waals surface area contributed by atoms with Crippen molar-refractivity contribution < 1.29 is 39.6 Å². The molecule has 4 aromatic rings. The molecule has 0 saturated heterocycles. The van der Waals surface area contributed by atoms with Crippen molar-refractivity contribution in [1.29, 1.82) is 0 Å². The van der Waals surface area contributed by atoms with Crippen molar-refractivity contribution in [3.63, 3.8) is 0 Å². The van der Waals surface area contributed by atoms with E-state index in [2.05, 4.69) is 10.0 Å². The first-order chi connectivity index (χ1) is 18.2. The summed E-state index contributed by atoms with van der Waals surface area (Å²) in [5, 5.41) is 2.55. The summed E-state index contributed by atoms with van der Waals surface area (Å²) in [6.07, 6.45) is -9.18. The van der Waals surface area contributed by atoms with Crippen LogP contribution in [0.15, 0.2) is 102 Å². The van der Waals surface area contributed by atoms with Crippen molar-refractivity contribution in [3.05, 3.63) is 114 Å². The number of anilines is 2. The van der Waals surface area contributed by atoms with Crippen LogP contribution in [0, 0.1) is 0 Å². The van der Waals surface area contributed by atoms with Crippen LogP contribution in [0.3, 0.4) is 0 Å². The molecule has 39 heavy (non-hydrogen) atoms. The standard InChI is InChI=1S/C27H18F6N2O3S/c28-26(29,30)18-13-11-17(12-14-18)23-9-1-2-10-24(23)25(36)34-20-6-4-8-22(16-20)39(37,38)35-21-7-3-5-19(15-21)27(31,32)33/h1-16,35H,(H,34,36). The van der Waals surface area contributed by atoms with Crippen LogP contribution in [0.2, 0.25) is 0 Å². The lowest BCUT2D eigenvalue weighted by Gasteiger charge is -2.13. The van der Waals surface area contributed by atoms with E-state index in [9.17, 15) is 39.6 Å². The Morgan fingerprint density at radius 3 is 1.92 bits per heavy atom. The molecule has 0 aromatic heterocycles. The molecule has 0 atom stereocenters. The number of benzene rings is 4. The summed E-state index contributed by atoms with van der Waals surface area (Å²) in [6, 6.07) is 19.2. The highest BCUT2D eigenvalue weighted by molar-refractivity contribution is 7.92. The van der Waals surface area contributed by atoms with Gasteiger partial charge >= 0.3 is 12.4 Å². The van der Waals surface area contributed by atoms with Gasteiger partial charge in [0.15, 0.2) is 0 Å². The maximum absolute atomic E-state index is 13.1. The predicted molar refractivity (Wildman–Crippen MR) is 134 cm³/mol. The minimum Gasteiger partial charge on any atom is -0.322 e. The van der Waals surface area contributed by atoms with Crippen LogP contribution in [0.5, 0.6) is 0 Å². The summed E-state index contributed by atoms with van der Waals surface area (Å²) >= 11 is 0. The van der Waals surface area contributed by atoms with Gasteiger partial charge in [-0.15, -0.1) is 0 Å². The second-order valence-corrected chi connectivity index (χ2v) is 9.97. The molecule has 4 rings (SSSR count). The fourth-order valence-electron chi connectivity index (χ4n) is 3.68. The van der Waals surface area contributed by atoms with E-state index in [-0.39, 0.29) is 21.8 Å². The molecule has 0 unspecified atom stereocenters. The first-order valence-corrected chi connectivity index (χ1v) is 12.6. The molecule has 0 heterocycles. The number of carbonyl (C=O) groups is 1. The molecule has 1 amide bonds. The van der Waals surface area contributed by atoms with Gasteiger partial charge in [-0.3, -0.25) is 9.52 Å². The Kier molecular flexibility index (Phi) is 7.42. The first-order valence-electron chi connectivity index (χ1n) is 11.1. The molecule has 0 saturated carbocycles. The highest BCUT2D eigenvalue weighted by atomic mass is 32.2. The number of carbonyl (C=O) groups excluding carboxylic acids is 1. The van der Waals surface area contributed by atoms with E-state index in [1.165, 1.54) is 36.4 Å². The number of sulfonamides is 1. The molecule has 0 aliphatic heterocycles. The third kappa shape index (κ3) is 6.58. The third-order valence-corrected chi connectivity index (χ3v) is 6.92. The van der Waals surface area contributed by atoms with E-state index in [0.717, 1.165) is 36.4 Å². The summed E-state index contributed by atoms with van der Waals surface area (Å²) in [5.41, 5.74) is -1.29. The van der Waals surface area contributed by atoms with Crippen molar-refractivity contribution >= 4 is 27.3 Å². The van der Waals surface area contributed by atoms with Gasteiger partial charge in [-0.2, -0.15) is 26.3 Å². The highest BCUT2D eigenvalue weighted by Gasteiger charge is 2.31. The molecule has 5 nitrogen and oxygen atoms in total. The molecule has 2 N–H and O–H groups in total. The topological polar surface area (TPSA) is 75.3 Å². The number of alkyl halides is 6. The van der Waals surface area contributed by atoms with Crippen molar-refractivity contribution in [2.24, 2.45) is 0 Å². The molecular weight excluding hydrogens is 546 g/mol. The van der Waals surface area contributed by atoms with Gasteiger partial charge in [0, 0.05) is 16.9 Å². The zero-order chi connectivity index (χ0) is 28.4. The van der Waals surface area contributed by atoms with Gasteiger partial charge in [0.05, 0.1) is 16.0 Å². The normalized spacial score (nSPS) is 12.2. The summed E-state index contributed by atoms with van der Waals surface area (Å²) < 4.78 is 105. The van der Waals surface area contributed by atoms with Gasteiger partial charge in [-0.1, -0.05) is 42.5 Å². The lowest BCUT2D eigenvalue weighted by molar-refractivity contribution is -0.138. The van der Waals surface area contributed by atoms with Crippen LogP contribution in [0.4, 0.5) is 37.7 Å². The molecule has 0 aliphatic carbocycles. The van der Waals surface area contributed by atoms with E-state index in [0.29, 0.717) is 17.2 Å². The van der Waals surface area contributed by atoms with E-state index >= 15 is 0 Å². The predicted octanol–water partition coefficient (Wildman–Crippen LogP) is 7.44. The molecule has 0 bridgehead atoms. The summed E-state index contributed by atoms with van der Waals surface area (Å²) in [7, 11) is -4.33. The quantitative estimate of drug-likeness (QED) is 0.239. The lowest BCUT2D eigenvalue weighted by Crippen LogP contribution is -2.16. The smallest absolute Gasteiger partial charge is 0.322 e. The summed E-state index contributed by atoms with van der Waals surface area (Å²) in [5.74, 6) is -0.661. The van der Waals surface area contributed by atoms with Gasteiger partial charge in [-0.25, -0.2) is 8.42 Å². The maximum atomic E-state index is 13.1. The first kappa shape index (κ1) is 27.7. The van der Waals surface area contributed by atoms with Crippen LogP contribution in [0.25, 0.3) is 11.1 Å². The summed E-state index contributed by atoms with van der Waals surface area (Å²) in [6.45, 7) is 0. The Morgan fingerprint density at radius 1 is 0.641 bits per heavy atom. The van der Waals surface area contributed by atoms with E-state index in [1.54, 1.807) is 18.2 Å². The van der Waals surface area contributed by atoms with Crippen LogP contribution in [-0.4, -0.2) is 14.3 Å². The summed E-state index contributed by atoms with van der Waals surface area (Å²) in [4.78, 5) is 12.7. The van der Waals surface area contributed by atoms with Gasteiger partial charge in [0.2, 0.25) is 0 Å². The van der Waals surface area contributed by atoms with E-state index in [1.807, 2.05) is 0 Å². The Bertz CT molecular complexity index is 1620. The monoisotopic (exact) mass is 564 g/mol. The minimum absolute atomic E-state index is 0.0640. The van der Waals surface area contributed by atoms with E-state index < -0.39 is 39.4 Å². The zero-order valence-electron chi connectivity index (χ0n) is 19.6. The Labute approximate surface area is 219 Å². The number of hydrogen-bond acceptors (Lipinski definition) is 3. The molecule has 202 valence electrons. The van der Waals surface area contributed by atoms with Crippen LogP contribution in [-0.2, 0) is 22.4 Å². The molecule has 0 radical (unpaired) electrons. The van der Waals surface area contributed by atoms with Crippen LogP contribution >= 0.6 is 0 Å². The molecule has 0 aliphatic rings. The molecular formula is C27H18F6N2O3S. The molecule has 12 heteroatoms. The fourth-order valence-corrected chi connectivity index (χ4v) is 4.78. The Balaban J connectivity index is 1.56. The largest absolute Gasteiger partial charge is 0.416 e. The van der Waals surface area contributed by atoms with Gasteiger partial charge in [0.25, 0.3) is 15.9 Å². The fraction of sp³-hybridized carbons (Fsp3) is 0.0741. The average molecular weight is 565 g/mol. The van der Waals surface area contributed by atoms with Crippen molar-refractivity contribution in [1.82, 2.24) is 0 Å². The highest BCUT2D eigenvalue weighted by Crippen LogP contribution is 2.33. The van der Waals surface area contributed by atoms with E-state index in [4.69, 9.17) is 0 Å². The minimum atomic E-state index is -4.66. The third-order valence-electron chi connectivity index (χ3n) is 5.54. The second kappa shape index (κ2) is 10.4. The van der Waals surface area contributed by atoms with Crippen molar-refractivity contribution in [2.45, 2.75) is 17.2 Å². The van der Waals surface area contributed by atoms with Crippen molar-refractivity contribution in [3.8, 4) is 11.1 Å². The van der Waals surface area contributed by atoms with Crippen LogP contribution in [0.1, 0.15) is 21.5 Å². The van der Waals surface area contributed by atoms with Crippen LogP contribution < -0.4 is 10.0 Å². The average Bonchev–Trinajstić information content (AvgIpc) is 2.88. The van der Waals surface area contributed by atoms with Gasteiger partial charge in [-0.05, 0) is 65.7 Å². The number of nitrogens with one attached hydrogen (secondary N) is 2.